The fraction of sp³-hybridized carbons (Fsp3) is 0.214. The van der Waals surface area contributed by atoms with Gasteiger partial charge in [0.25, 0.3) is 0 Å². The molecule has 20 nitrogen and oxygen atoms in total. The lowest BCUT2D eigenvalue weighted by Crippen LogP contribution is -2.08. The van der Waals surface area contributed by atoms with Gasteiger partial charge < -0.3 is 28.9 Å². The quantitative estimate of drug-likeness (QED) is 0.116. The van der Waals surface area contributed by atoms with E-state index in [4.69, 9.17) is 48.9 Å². The number of aryl methyl sites for hydroxylation is 8. The molecule has 0 spiro atoms. The highest BCUT2D eigenvalue weighted by Crippen LogP contribution is 2.40. The lowest BCUT2D eigenvalue weighted by Gasteiger charge is -2.09. The number of aromatic nitrogens is 16. The van der Waals surface area contributed by atoms with E-state index in [0.29, 0.717) is 68.9 Å². The minimum atomic E-state index is 0.217. The Morgan fingerprint density at radius 2 is 0.605 bits per heavy atom. The van der Waals surface area contributed by atoms with Crippen LogP contribution in [0.25, 0.3) is 89.7 Å². The molecule has 0 aliphatic carbocycles. The Hall–Kier alpha value is -9.72. The van der Waals surface area contributed by atoms with Crippen LogP contribution in [0, 0.1) is 55.4 Å². The summed E-state index contributed by atoms with van der Waals surface area (Å²) < 4.78 is 32.8. The molecular weight excluding hydrogens is 961 g/mol. The van der Waals surface area contributed by atoms with Crippen molar-refractivity contribution in [2.45, 2.75) is 82.3 Å². The zero-order chi connectivity index (χ0) is 51.9. The molecule has 8 bridgehead atoms. The molecule has 0 radical (unpaired) electrons. The highest BCUT2D eigenvalue weighted by molar-refractivity contribution is 6.07. The van der Waals surface area contributed by atoms with E-state index in [0.717, 1.165) is 89.4 Å². The minimum Gasteiger partial charge on any atom is -0.471 e. The number of rotatable bonds is 12. The van der Waals surface area contributed by atoms with Gasteiger partial charge in [-0.2, -0.15) is 20.4 Å². The molecule has 2 aliphatic heterocycles. The number of nitrogens with one attached hydrogen (secondary N) is 2. The van der Waals surface area contributed by atoms with Crippen molar-refractivity contribution < 1.29 is 18.9 Å². The van der Waals surface area contributed by atoms with Crippen LogP contribution in [-0.4, -0.2) is 79.0 Å². The van der Waals surface area contributed by atoms with Crippen LogP contribution in [0.5, 0.6) is 23.0 Å². The molecule has 4 aromatic carbocycles. The van der Waals surface area contributed by atoms with E-state index in [1.54, 1.807) is 0 Å². The van der Waals surface area contributed by atoms with E-state index in [1.807, 2.05) is 171 Å². The molecule has 0 saturated heterocycles. The average molecular weight is 1010 g/mol. The van der Waals surface area contributed by atoms with Gasteiger partial charge >= 0.3 is 0 Å². The number of ether oxygens (including phenoxy) is 4. The van der Waals surface area contributed by atoms with Crippen LogP contribution in [-0.2, 0) is 26.9 Å². The van der Waals surface area contributed by atoms with Crippen molar-refractivity contribution in [2.24, 2.45) is 0 Å². The molecule has 76 heavy (non-hydrogen) atoms. The Bertz CT molecular complexity index is 4050. The first-order valence-electron chi connectivity index (χ1n) is 24.8. The molecule has 13 rings (SSSR count). The predicted octanol–water partition coefficient (Wildman–Crippen LogP) is 10.3. The fourth-order valence-corrected chi connectivity index (χ4v) is 9.84. The minimum absolute atomic E-state index is 0.217. The van der Waals surface area contributed by atoms with Crippen LogP contribution in [0.1, 0.15) is 45.6 Å². The van der Waals surface area contributed by atoms with Crippen molar-refractivity contribution in [3.8, 4) is 68.5 Å². The second-order valence-corrected chi connectivity index (χ2v) is 19.2. The van der Waals surface area contributed by atoms with E-state index in [1.165, 1.54) is 0 Å². The highest BCUT2D eigenvalue weighted by atomic mass is 16.5. The van der Waals surface area contributed by atoms with Gasteiger partial charge in [-0.1, -0.05) is 0 Å². The third-order valence-electron chi connectivity index (χ3n) is 13.5. The third-order valence-corrected chi connectivity index (χ3v) is 13.5. The van der Waals surface area contributed by atoms with E-state index >= 15 is 0 Å². The molecule has 9 heterocycles. The number of hydrogen-bond acceptors (Lipinski definition) is 14. The molecule has 0 saturated carbocycles. The van der Waals surface area contributed by atoms with Crippen LogP contribution in [0.15, 0.2) is 97.1 Å². The Balaban J connectivity index is 1.02. The van der Waals surface area contributed by atoms with Gasteiger partial charge in [-0.3, -0.25) is 0 Å². The average Bonchev–Trinajstić information content (AvgIpc) is 4.31. The molecule has 0 atom stereocenters. The van der Waals surface area contributed by atoms with Gasteiger partial charge in [0.15, 0.2) is 50.2 Å². The second kappa shape index (κ2) is 18.0. The summed E-state index contributed by atoms with van der Waals surface area (Å²) in [6, 6.07) is 31.4. The van der Waals surface area contributed by atoms with Crippen molar-refractivity contribution in [2.75, 3.05) is 0 Å². The lowest BCUT2D eigenvalue weighted by molar-refractivity contribution is 0.218. The molecule has 11 aromatic rings. The maximum atomic E-state index is 6.37. The van der Waals surface area contributed by atoms with Crippen LogP contribution < -0.4 is 18.9 Å². The molecule has 0 unspecified atom stereocenters. The maximum Gasteiger partial charge on any atom is 0.181 e. The van der Waals surface area contributed by atoms with Crippen molar-refractivity contribution in [3.63, 3.8) is 0 Å². The molecule has 2 N–H and O–H groups in total. The molecule has 0 fully saturated rings. The Labute approximate surface area is 434 Å². The van der Waals surface area contributed by atoms with Crippen LogP contribution in [0.2, 0.25) is 0 Å². The molecule has 2 aliphatic rings. The topological polar surface area (TPSA) is 217 Å². The first-order valence-corrected chi connectivity index (χ1v) is 24.8. The molecule has 378 valence electrons. The lowest BCUT2D eigenvalue weighted by atomic mass is 10.1. The predicted molar refractivity (Wildman–Crippen MR) is 285 cm³/mol. The van der Waals surface area contributed by atoms with E-state index in [9.17, 15) is 0 Å². The van der Waals surface area contributed by atoms with Crippen molar-refractivity contribution >= 4 is 44.1 Å². The van der Waals surface area contributed by atoms with Gasteiger partial charge in [-0.15, -0.1) is 0 Å². The summed E-state index contributed by atoms with van der Waals surface area (Å²) in [4.78, 5) is 38.6. The molecular formula is C56H50N16O4. The number of benzene rings is 4. The molecule has 0 amide bonds. The number of H-pyrrole nitrogens is 2. The van der Waals surface area contributed by atoms with Gasteiger partial charge in [0.1, 0.15) is 45.6 Å². The van der Waals surface area contributed by atoms with Crippen molar-refractivity contribution in [1.29, 1.82) is 0 Å². The molecule has 7 aromatic heterocycles. The number of nitrogens with zero attached hydrogens (tertiary/aromatic N) is 14. The summed E-state index contributed by atoms with van der Waals surface area (Å²) >= 11 is 0. The largest absolute Gasteiger partial charge is 0.471 e. The second-order valence-electron chi connectivity index (χ2n) is 19.2. The Morgan fingerprint density at radius 1 is 0.316 bits per heavy atom. The van der Waals surface area contributed by atoms with Crippen LogP contribution >= 0.6 is 0 Å². The van der Waals surface area contributed by atoms with E-state index < -0.39 is 0 Å². The van der Waals surface area contributed by atoms with Gasteiger partial charge in [0.2, 0.25) is 0 Å². The summed E-state index contributed by atoms with van der Waals surface area (Å²) in [7, 11) is 0. The smallest absolute Gasteiger partial charge is 0.181 e. The van der Waals surface area contributed by atoms with Crippen LogP contribution in [0.3, 0.4) is 0 Å². The number of hydrogen-bond donors (Lipinski definition) is 2. The number of fused-ring (bicyclic) bond motifs is 20. The van der Waals surface area contributed by atoms with Gasteiger partial charge in [-0.25, -0.2) is 48.6 Å². The third kappa shape index (κ3) is 8.47. The SMILES string of the molecule is Cc1cc(C)n(COc2ccc3c(c2)-c2nc-3nc3[nH]c(nc4nc(nc5[nH]c(n2)c2ccc(OCn6nc(C)cc6C)cc52)-c2ccc(OCn5nc(C)cc5C)cc2-4)c2ccc(OCn4nc(C)cc4C)cc32)n1. The zero-order valence-corrected chi connectivity index (χ0v) is 43.0. The summed E-state index contributed by atoms with van der Waals surface area (Å²) in [6.45, 7) is 16.7. The fourth-order valence-electron chi connectivity index (χ4n) is 9.84. The van der Waals surface area contributed by atoms with E-state index in [2.05, 4.69) is 30.4 Å². The first kappa shape index (κ1) is 46.1. The van der Waals surface area contributed by atoms with Crippen molar-refractivity contribution in [3.05, 3.63) is 143 Å². The van der Waals surface area contributed by atoms with Gasteiger partial charge in [0.05, 0.1) is 22.8 Å². The zero-order valence-electron chi connectivity index (χ0n) is 43.0. The summed E-state index contributed by atoms with van der Waals surface area (Å²) in [6.07, 6.45) is 0. The normalized spacial score (nSPS) is 11.9. The van der Waals surface area contributed by atoms with E-state index in [-0.39, 0.29) is 26.9 Å². The Morgan fingerprint density at radius 3 is 0.921 bits per heavy atom. The standard InChI is InChI=1S/C56H50N16O4/c1-29-17-33(5)69(65-29)25-73-37-9-13-41-45(21-37)53-57-49(41)62-54-47-23-39(75-27-71-35(7)19-31(3)67-71)11-15-43(47)51(59-54)64-56-48-24-40(76-28-72-36(8)20-32(4)68-72)12-16-44(48)52(60-56)63-55-46-22-38(10-14-42(46)50(58-55)61-53)74-26-70-34(6)18-30(2)66-70/h9-24H,25-28H2,1-8H3,(H2,57,58,59,60,61,62,63,64). The Kier molecular flexibility index (Phi) is 10.9. The summed E-state index contributed by atoms with van der Waals surface area (Å²) in [5.74, 6) is 4.14. The summed E-state index contributed by atoms with van der Waals surface area (Å²) in [5.41, 5.74) is 12.6. The summed E-state index contributed by atoms with van der Waals surface area (Å²) in [5, 5.41) is 21.5. The van der Waals surface area contributed by atoms with Crippen LogP contribution in [0.4, 0.5) is 0 Å². The van der Waals surface area contributed by atoms with Gasteiger partial charge in [-0.05, 0) is 152 Å². The monoisotopic (exact) mass is 1010 g/mol. The highest BCUT2D eigenvalue weighted by Gasteiger charge is 2.24. The maximum absolute atomic E-state index is 6.37. The van der Waals surface area contributed by atoms with Crippen molar-refractivity contribution in [1.82, 2.24) is 79.0 Å². The van der Waals surface area contributed by atoms with Gasteiger partial charge in [0, 0.05) is 66.6 Å². The first-order chi connectivity index (χ1) is 36.8. The number of aromatic amines is 2. The molecule has 20 heteroatoms.